The lowest BCUT2D eigenvalue weighted by Crippen LogP contribution is -2.14. The van der Waals surface area contributed by atoms with Gasteiger partial charge in [-0.1, -0.05) is 6.07 Å². The molecule has 0 bridgehead atoms. The van der Waals surface area contributed by atoms with Crippen LogP contribution in [0.2, 0.25) is 0 Å². The summed E-state index contributed by atoms with van der Waals surface area (Å²) < 4.78 is 10.8. The molecule has 0 atom stereocenters. The molecule has 0 fully saturated rings. The van der Waals surface area contributed by atoms with E-state index in [4.69, 9.17) is 20.6 Å². The topological polar surface area (TPSA) is 81.2 Å². The molecule has 0 aliphatic heterocycles. The number of aromatic nitrogens is 1. The number of hydrogen-bond acceptors (Lipinski definition) is 4. The number of nitrogens with two attached hydrogens (primary N) is 1. The number of pyridine rings is 1. The van der Waals surface area contributed by atoms with Crippen LogP contribution in [0, 0.1) is 5.41 Å². The fraction of sp³-hybridized carbons (Fsp3) is 0.0769. The summed E-state index contributed by atoms with van der Waals surface area (Å²) in [5, 5.41) is 7.43. The highest BCUT2D eigenvalue weighted by Crippen LogP contribution is 2.26. The molecule has 0 aliphatic rings. The monoisotopic (exact) mass is 243 g/mol. The Morgan fingerprint density at radius 3 is 2.72 bits per heavy atom. The molecule has 0 radical (unpaired) electrons. The molecule has 0 saturated carbocycles. The van der Waals surface area contributed by atoms with E-state index >= 15 is 0 Å². The molecule has 0 saturated heterocycles. The molecular weight excluding hydrogens is 230 g/mol. The Balaban J connectivity index is 2.31. The zero-order valence-electron chi connectivity index (χ0n) is 9.88. The summed E-state index contributed by atoms with van der Waals surface area (Å²) in [7, 11) is 1.59. The highest BCUT2D eigenvalue weighted by atomic mass is 16.5. The standard InChI is InChI=1S/C13H13N3O2/c1-17-9-4-2-5-10(8-9)18-11-6-3-7-16-12(11)13(14)15/h2-8H,1H3,(H3,14,15). The molecule has 1 heterocycles. The van der Waals surface area contributed by atoms with Crippen LogP contribution in [-0.4, -0.2) is 17.9 Å². The molecule has 18 heavy (non-hydrogen) atoms. The van der Waals surface area contributed by atoms with E-state index in [0.29, 0.717) is 22.9 Å². The van der Waals surface area contributed by atoms with E-state index in [9.17, 15) is 0 Å². The first-order chi connectivity index (χ1) is 8.70. The average molecular weight is 243 g/mol. The number of nitrogens with zero attached hydrogens (tertiary/aromatic N) is 1. The van der Waals surface area contributed by atoms with Crippen molar-refractivity contribution >= 4 is 5.84 Å². The van der Waals surface area contributed by atoms with Gasteiger partial charge in [0.25, 0.3) is 0 Å². The van der Waals surface area contributed by atoms with Gasteiger partial charge in [-0.25, -0.2) is 4.98 Å². The van der Waals surface area contributed by atoms with Gasteiger partial charge in [-0.2, -0.15) is 0 Å². The number of amidine groups is 1. The zero-order chi connectivity index (χ0) is 13.0. The molecule has 5 nitrogen and oxygen atoms in total. The first-order valence-electron chi connectivity index (χ1n) is 5.32. The van der Waals surface area contributed by atoms with Crippen molar-refractivity contribution in [2.75, 3.05) is 7.11 Å². The van der Waals surface area contributed by atoms with Crippen LogP contribution in [0.15, 0.2) is 42.6 Å². The van der Waals surface area contributed by atoms with Crippen molar-refractivity contribution in [3.05, 3.63) is 48.3 Å². The maximum atomic E-state index is 7.43. The summed E-state index contributed by atoms with van der Waals surface area (Å²) in [6.45, 7) is 0. The first-order valence-corrected chi connectivity index (χ1v) is 5.32. The lowest BCUT2D eigenvalue weighted by molar-refractivity contribution is 0.409. The van der Waals surface area contributed by atoms with Crippen LogP contribution >= 0.6 is 0 Å². The fourth-order valence-corrected chi connectivity index (χ4v) is 1.47. The lowest BCUT2D eigenvalue weighted by atomic mass is 10.3. The van der Waals surface area contributed by atoms with Gasteiger partial charge in [0.2, 0.25) is 0 Å². The predicted octanol–water partition coefficient (Wildman–Crippen LogP) is 2.17. The van der Waals surface area contributed by atoms with E-state index in [0.717, 1.165) is 0 Å². The fourth-order valence-electron chi connectivity index (χ4n) is 1.47. The molecule has 1 aromatic carbocycles. The number of methoxy groups -OCH3 is 1. The van der Waals surface area contributed by atoms with E-state index in [1.807, 2.05) is 12.1 Å². The van der Waals surface area contributed by atoms with Crippen LogP contribution in [0.3, 0.4) is 0 Å². The Morgan fingerprint density at radius 1 is 1.22 bits per heavy atom. The summed E-state index contributed by atoms with van der Waals surface area (Å²) in [5.74, 6) is 1.61. The number of hydrogen-bond donors (Lipinski definition) is 2. The molecule has 0 spiro atoms. The van der Waals surface area contributed by atoms with Gasteiger partial charge in [-0.3, -0.25) is 5.41 Å². The Hall–Kier alpha value is -2.56. The van der Waals surface area contributed by atoms with Gasteiger partial charge in [0.15, 0.2) is 5.75 Å². The van der Waals surface area contributed by atoms with E-state index in [-0.39, 0.29) is 5.84 Å². The predicted molar refractivity (Wildman–Crippen MR) is 68.3 cm³/mol. The minimum absolute atomic E-state index is 0.131. The minimum Gasteiger partial charge on any atom is -0.497 e. The maximum absolute atomic E-state index is 7.43. The molecule has 3 N–H and O–H groups in total. The van der Waals surface area contributed by atoms with Crippen molar-refractivity contribution in [3.8, 4) is 17.2 Å². The molecule has 1 aromatic heterocycles. The van der Waals surface area contributed by atoms with Crippen LogP contribution in [0.25, 0.3) is 0 Å². The normalized spacial score (nSPS) is 9.83. The summed E-state index contributed by atoms with van der Waals surface area (Å²) in [4.78, 5) is 4.01. The third-order valence-corrected chi connectivity index (χ3v) is 2.29. The molecule has 2 rings (SSSR count). The van der Waals surface area contributed by atoms with E-state index in [1.165, 1.54) is 0 Å². The highest BCUT2D eigenvalue weighted by Gasteiger charge is 2.08. The second kappa shape index (κ2) is 5.18. The van der Waals surface area contributed by atoms with Gasteiger partial charge >= 0.3 is 0 Å². The third-order valence-electron chi connectivity index (χ3n) is 2.29. The Labute approximate surface area is 105 Å². The zero-order valence-corrected chi connectivity index (χ0v) is 9.88. The second-order valence-electron chi connectivity index (χ2n) is 3.54. The number of nitrogen functional groups attached to an aromatic ring is 1. The molecule has 0 aliphatic carbocycles. The van der Waals surface area contributed by atoms with Gasteiger partial charge in [0, 0.05) is 12.3 Å². The Bertz CT molecular complexity index is 570. The number of ether oxygens (including phenoxy) is 2. The lowest BCUT2D eigenvalue weighted by Gasteiger charge is -2.09. The van der Waals surface area contributed by atoms with Crippen LogP contribution in [0.5, 0.6) is 17.2 Å². The highest BCUT2D eigenvalue weighted by molar-refractivity contribution is 5.95. The third kappa shape index (κ3) is 2.57. The SMILES string of the molecule is COc1cccc(Oc2cccnc2C(=N)N)c1. The van der Waals surface area contributed by atoms with Crippen LogP contribution < -0.4 is 15.2 Å². The van der Waals surface area contributed by atoms with Crippen molar-refractivity contribution in [3.63, 3.8) is 0 Å². The smallest absolute Gasteiger partial charge is 0.156 e. The summed E-state index contributed by atoms with van der Waals surface area (Å²) in [5.41, 5.74) is 5.76. The van der Waals surface area contributed by atoms with Crippen molar-refractivity contribution < 1.29 is 9.47 Å². The molecular formula is C13H13N3O2. The van der Waals surface area contributed by atoms with E-state index in [1.54, 1.807) is 37.6 Å². The number of rotatable bonds is 4. The molecule has 92 valence electrons. The van der Waals surface area contributed by atoms with Gasteiger partial charge in [-0.15, -0.1) is 0 Å². The molecule has 0 unspecified atom stereocenters. The Kier molecular flexibility index (Phi) is 3.43. The van der Waals surface area contributed by atoms with Crippen molar-refractivity contribution in [2.24, 2.45) is 5.73 Å². The Morgan fingerprint density at radius 2 is 2.00 bits per heavy atom. The quantitative estimate of drug-likeness (QED) is 0.637. The summed E-state index contributed by atoms with van der Waals surface area (Å²) in [6, 6.07) is 10.6. The van der Waals surface area contributed by atoms with Crippen molar-refractivity contribution in [1.29, 1.82) is 5.41 Å². The first kappa shape index (κ1) is 11.9. The number of benzene rings is 1. The molecule has 0 amide bonds. The summed E-state index contributed by atoms with van der Waals surface area (Å²) >= 11 is 0. The van der Waals surface area contributed by atoms with Gasteiger partial charge in [0.05, 0.1) is 7.11 Å². The van der Waals surface area contributed by atoms with E-state index < -0.39 is 0 Å². The maximum Gasteiger partial charge on any atom is 0.156 e. The molecule has 2 aromatic rings. The van der Waals surface area contributed by atoms with Crippen LogP contribution in [0.4, 0.5) is 0 Å². The van der Waals surface area contributed by atoms with Gasteiger partial charge in [-0.05, 0) is 24.3 Å². The summed E-state index contributed by atoms with van der Waals surface area (Å²) in [6.07, 6.45) is 1.56. The van der Waals surface area contributed by atoms with Crippen molar-refractivity contribution in [2.45, 2.75) is 0 Å². The average Bonchev–Trinajstić information content (AvgIpc) is 2.39. The second-order valence-corrected chi connectivity index (χ2v) is 3.54. The largest absolute Gasteiger partial charge is 0.497 e. The minimum atomic E-state index is -0.131. The van der Waals surface area contributed by atoms with Crippen molar-refractivity contribution in [1.82, 2.24) is 4.98 Å². The van der Waals surface area contributed by atoms with Gasteiger partial charge in [0.1, 0.15) is 23.0 Å². The van der Waals surface area contributed by atoms with E-state index in [2.05, 4.69) is 4.98 Å². The van der Waals surface area contributed by atoms with Gasteiger partial charge < -0.3 is 15.2 Å². The van der Waals surface area contributed by atoms with Crippen LogP contribution in [-0.2, 0) is 0 Å². The molecule has 5 heteroatoms. The van der Waals surface area contributed by atoms with Crippen LogP contribution in [0.1, 0.15) is 5.69 Å². The number of nitrogens with one attached hydrogen (secondary N) is 1.